The lowest BCUT2D eigenvalue weighted by atomic mass is 9.80. The zero-order valence-electron chi connectivity index (χ0n) is 20.0. The highest BCUT2D eigenvalue weighted by Gasteiger charge is 2.39. The van der Waals surface area contributed by atoms with Crippen LogP contribution in [0.5, 0.6) is 0 Å². The minimum Gasteiger partial charge on any atom is -0.391 e. The van der Waals surface area contributed by atoms with Gasteiger partial charge in [-0.25, -0.2) is 4.39 Å². The Balaban J connectivity index is 1.58. The van der Waals surface area contributed by atoms with Crippen LogP contribution in [-0.2, 0) is 25.7 Å². The number of alkyl halides is 3. The third-order valence-corrected chi connectivity index (χ3v) is 6.82. The molecule has 0 aromatic heterocycles. The minimum atomic E-state index is -4.46. The van der Waals surface area contributed by atoms with Gasteiger partial charge in [-0.1, -0.05) is 36.4 Å². The van der Waals surface area contributed by atoms with E-state index in [0.29, 0.717) is 55.8 Å². The van der Waals surface area contributed by atoms with Crippen molar-refractivity contribution in [2.24, 2.45) is 5.41 Å². The maximum atomic E-state index is 14.3. The Morgan fingerprint density at radius 3 is 2.54 bits per heavy atom. The second-order valence-corrected chi connectivity index (χ2v) is 9.54. The van der Waals surface area contributed by atoms with Crippen LogP contribution in [0.4, 0.5) is 28.9 Å². The third kappa shape index (κ3) is 6.44. The number of aliphatic hydroxyl groups excluding tert-OH is 1. The summed E-state index contributed by atoms with van der Waals surface area (Å²) in [6.07, 6.45) is -3.47. The number of nitrogens with one attached hydrogen (secondary N) is 1. The molecule has 0 bridgehead atoms. The molecular weight excluding hydrogens is 490 g/mol. The number of nitro groups is 1. The molecule has 196 valence electrons. The smallest absolute Gasteiger partial charge is 0.391 e. The number of anilines is 1. The van der Waals surface area contributed by atoms with Crippen LogP contribution in [0, 0.1) is 21.3 Å². The average molecular weight is 518 g/mol. The molecule has 37 heavy (non-hydrogen) atoms. The van der Waals surface area contributed by atoms with E-state index in [1.165, 1.54) is 24.3 Å². The van der Waals surface area contributed by atoms with Crippen LogP contribution in [0.3, 0.4) is 0 Å². The Morgan fingerprint density at radius 2 is 1.84 bits per heavy atom. The first kappa shape index (κ1) is 26.6. The van der Waals surface area contributed by atoms with Gasteiger partial charge in [0.15, 0.2) is 0 Å². The molecule has 0 saturated carbocycles. The Labute approximate surface area is 211 Å². The van der Waals surface area contributed by atoms with Gasteiger partial charge >= 0.3 is 6.18 Å². The number of rotatable bonds is 9. The van der Waals surface area contributed by atoms with Gasteiger partial charge in [-0.05, 0) is 49.2 Å². The average Bonchev–Trinajstić information content (AvgIpc) is 3.26. The van der Waals surface area contributed by atoms with Gasteiger partial charge < -0.3 is 10.4 Å². The van der Waals surface area contributed by atoms with Crippen LogP contribution >= 0.6 is 0 Å². The Morgan fingerprint density at radius 1 is 1.05 bits per heavy atom. The zero-order valence-corrected chi connectivity index (χ0v) is 20.0. The third-order valence-electron chi connectivity index (χ3n) is 6.82. The quantitative estimate of drug-likeness (QED) is 0.213. The van der Waals surface area contributed by atoms with E-state index in [-0.39, 0.29) is 17.1 Å². The molecule has 4 rings (SSSR count). The van der Waals surface area contributed by atoms with Crippen molar-refractivity contribution in [1.82, 2.24) is 4.90 Å². The molecule has 2 N–H and O–H groups in total. The SMILES string of the molecule is O=[N+]([O-])c1cc(NCC2(Cc3cccc(C(F)(F)F)c3)CCN(Cc3ccccc3F)C2)ccc1CO. The summed E-state index contributed by atoms with van der Waals surface area (Å²) in [7, 11) is 0. The number of halogens is 4. The van der Waals surface area contributed by atoms with E-state index in [1.807, 2.05) is 0 Å². The van der Waals surface area contributed by atoms with Gasteiger partial charge in [-0.15, -0.1) is 0 Å². The number of hydrogen-bond donors (Lipinski definition) is 2. The molecule has 0 aliphatic carbocycles. The number of likely N-dealkylation sites (tertiary alicyclic amines) is 1. The van der Waals surface area contributed by atoms with Crippen molar-refractivity contribution >= 4 is 11.4 Å². The molecule has 1 aliphatic heterocycles. The first-order valence-electron chi connectivity index (χ1n) is 11.8. The lowest BCUT2D eigenvalue weighted by Crippen LogP contribution is -2.35. The normalized spacial score (nSPS) is 18.2. The Hall–Kier alpha value is -3.50. The summed E-state index contributed by atoms with van der Waals surface area (Å²) >= 11 is 0. The highest BCUT2D eigenvalue weighted by atomic mass is 19.4. The van der Waals surface area contributed by atoms with Gasteiger partial charge in [-0.3, -0.25) is 15.0 Å². The van der Waals surface area contributed by atoms with Crippen LogP contribution < -0.4 is 5.32 Å². The van der Waals surface area contributed by atoms with Crippen molar-refractivity contribution < 1.29 is 27.6 Å². The summed E-state index contributed by atoms with van der Waals surface area (Å²) in [6.45, 7) is 1.36. The maximum Gasteiger partial charge on any atom is 0.416 e. The van der Waals surface area contributed by atoms with Crippen molar-refractivity contribution in [3.05, 3.63) is 105 Å². The molecule has 1 heterocycles. The van der Waals surface area contributed by atoms with Crippen LogP contribution in [0.1, 0.15) is 28.7 Å². The summed E-state index contributed by atoms with van der Waals surface area (Å²) in [5, 5.41) is 24.0. The lowest BCUT2D eigenvalue weighted by molar-refractivity contribution is -0.385. The molecule has 1 saturated heterocycles. The lowest BCUT2D eigenvalue weighted by Gasteiger charge is -2.31. The predicted octanol–water partition coefficient (Wildman–Crippen LogP) is 5.79. The van der Waals surface area contributed by atoms with Crippen LogP contribution in [0.15, 0.2) is 66.7 Å². The summed E-state index contributed by atoms with van der Waals surface area (Å²) in [5.74, 6) is -0.313. The highest BCUT2D eigenvalue weighted by Crippen LogP contribution is 2.38. The van der Waals surface area contributed by atoms with E-state index in [4.69, 9.17) is 0 Å². The standard InChI is InChI=1S/C27H27F4N3O3/c28-24-7-2-1-5-20(24)15-33-11-10-26(18-33,14-19-4-3-6-22(12-19)27(29,30)31)17-32-23-9-8-21(16-35)25(13-23)34(36)37/h1-9,12-13,32,35H,10-11,14-18H2. The summed E-state index contributed by atoms with van der Waals surface area (Å²) in [4.78, 5) is 12.9. The number of aliphatic hydroxyl groups is 1. The van der Waals surface area contributed by atoms with Crippen molar-refractivity contribution in [2.75, 3.05) is 25.0 Å². The molecule has 1 fully saturated rings. The van der Waals surface area contributed by atoms with E-state index in [1.54, 1.807) is 30.3 Å². The molecule has 3 aromatic rings. The van der Waals surface area contributed by atoms with Gasteiger partial charge in [0.1, 0.15) is 5.82 Å². The van der Waals surface area contributed by atoms with Crippen LogP contribution in [-0.4, -0.2) is 34.6 Å². The Bertz CT molecular complexity index is 1270. The molecule has 0 spiro atoms. The van der Waals surface area contributed by atoms with Gasteiger partial charge in [0, 0.05) is 42.4 Å². The van der Waals surface area contributed by atoms with E-state index < -0.39 is 28.7 Å². The second kappa shape index (κ2) is 10.9. The van der Waals surface area contributed by atoms with E-state index in [9.17, 15) is 32.8 Å². The van der Waals surface area contributed by atoms with E-state index >= 15 is 0 Å². The molecule has 1 atom stereocenters. The largest absolute Gasteiger partial charge is 0.416 e. The van der Waals surface area contributed by atoms with Crippen LogP contribution in [0.2, 0.25) is 0 Å². The first-order chi connectivity index (χ1) is 17.6. The van der Waals surface area contributed by atoms with E-state index in [2.05, 4.69) is 10.2 Å². The first-order valence-corrected chi connectivity index (χ1v) is 11.8. The van der Waals surface area contributed by atoms with E-state index in [0.717, 1.165) is 12.1 Å². The fraction of sp³-hybridized carbons (Fsp3) is 0.333. The number of nitro benzene ring substituents is 1. The molecule has 0 radical (unpaired) electrons. The fourth-order valence-electron chi connectivity index (χ4n) is 4.94. The topological polar surface area (TPSA) is 78.6 Å². The van der Waals surface area contributed by atoms with Crippen molar-refractivity contribution in [3.8, 4) is 0 Å². The van der Waals surface area contributed by atoms with Crippen molar-refractivity contribution in [3.63, 3.8) is 0 Å². The fourth-order valence-corrected chi connectivity index (χ4v) is 4.94. The summed E-state index contributed by atoms with van der Waals surface area (Å²) < 4.78 is 54.2. The molecule has 3 aromatic carbocycles. The molecular formula is C27H27F4N3O3. The van der Waals surface area contributed by atoms with Crippen LogP contribution in [0.25, 0.3) is 0 Å². The minimum absolute atomic E-state index is 0.186. The molecule has 0 amide bonds. The molecule has 1 unspecified atom stereocenters. The summed E-state index contributed by atoms with van der Waals surface area (Å²) in [5.41, 5.74) is 0.300. The second-order valence-electron chi connectivity index (χ2n) is 9.54. The number of benzene rings is 3. The van der Waals surface area contributed by atoms with Gasteiger partial charge in [-0.2, -0.15) is 13.2 Å². The summed E-state index contributed by atoms with van der Waals surface area (Å²) in [6, 6.07) is 16.2. The van der Waals surface area contributed by atoms with Crippen molar-refractivity contribution in [1.29, 1.82) is 0 Å². The Kier molecular flexibility index (Phi) is 7.79. The van der Waals surface area contributed by atoms with Crippen molar-refractivity contribution in [2.45, 2.75) is 32.2 Å². The molecule has 1 aliphatic rings. The molecule has 6 nitrogen and oxygen atoms in total. The van der Waals surface area contributed by atoms with Gasteiger partial charge in [0.25, 0.3) is 5.69 Å². The monoisotopic (exact) mass is 517 g/mol. The maximum absolute atomic E-state index is 14.3. The number of nitrogens with zero attached hydrogens (tertiary/aromatic N) is 2. The zero-order chi connectivity index (χ0) is 26.6. The predicted molar refractivity (Wildman–Crippen MR) is 131 cm³/mol. The number of hydrogen-bond acceptors (Lipinski definition) is 5. The molecule has 10 heteroatoms. The van der Waals surface area contributed by atoms with Gasteiger partial charge in [0.05, 0.1) is 22.7 Å². The highest BCUT2D eigenvalue weighted by molar-refractivity contribution is 5.55. The van der Waals surface area contributed by atoms with Gasteiger partial charge in [0.2, 0.25) is 0 Å².